The smallest absolute Gasteiger partial charge is 0.278 e. The standard InChI is InChI=1S/C19H11ClN4O/c20-15-16-13(7-4-9-22-16)11-14-18(15)23-17(12-5-2-1-3-6-12)19(25)24(14)10-8-21/h1-7,9,11H,10H2. The van der Waals surface area contributed by atoms with Crippen molar-refractivity contribution in [1.82, 2.24) is 14.5 Å². The summed E-state index contributed by atoms with van der Waals surface area (Å²) in [6, 6.07) is 16.6. The SMILES string of the molecule is N#CCn1c(=O)c(-c2ccccc2)nc2c(Cl)c3ncccc3cc21. The summed E-state index contributed by atoms with van der Waals surface area (Å²) in [5.41, 5.74) is 2.22. The highest BCUT2D eigenvalue weighted by Gasteiger charge is 2.17. The van der Waals surface area contributed by atoms with Crippen molar-refractivity contribution in [3.05, 3.63) is 70.1 Å². The van der Waals surface area contributed by atoms with Crippen molar-refractivity contribution in [1.29, 1.82) is 5.26 Å². The topological polar surface area (TPSA) is 71.6 Å². The van der Waals surface area contributed by atoms with E-state index in [2.05, 4.69) is 9.97 Å². The van der Waals surface area contributed by atoms with Gasteiger partial charge in [-0.15, -0.1) is 0 Å². The Bertz CT molecular complexity index is 1210. The molecule has 4 rings (SSSR count). The van der Waals surface area contributed by atoms with E-state index in [9.17, 15) is 10.1 Å². The Hall–Kier alpha value is -3.23. The number of aromatic nitrogens is 3. The summed E-state index contributed by atoms with van der Waals surface area (Å²) in [4.78, 5) is 21.7. The first kappa shape index (κ1) is 15.3. The maximum atomic E-state index is 12.9. The third-order valence-corrected chi connectivity index (χ3v) is 4.39. The molecule has 0 unspecified atom stereocenters. The van der Waals surface area contributed by atoms with E-state index in [1.54, 1.807) is 30.5 Å². The fraction of sp³-hybridized carbons (Fsp3) is 0.0526. The molecule has 0 aliphatic heterocycles. The van der Waals surface area contributed by atoms with Crippen LogP contribution >= 0.6 is 11.6 Å². The molecule has 0 saturated carbocycles. The van der Waals surface area contributed by atoms with Gasteiger partial charge in [-0.05, 0) is 12.1 Å². The van der Waals surface area contributed by atoms with Gasteiger partial charge in [0, 0.05) is 17.1 Å². The first-order valence-electron chi connectivity index (χ1n) is 7.61. The molecule has 0 radical (unpaired) electrons. The van der Waals surface area contributed by atoms with Crippen molar-refractivity contribution in [2.45, 2.75) is 6.54 Å². The molecule has 0 N–H and O–H groups in total. The van der Waals surface area contributed by atoms with Crippen LogP contribution in [0.25, 0.3) is 33.2 Å². The van der Waals surface area contributed by atoms with Crippen LogP contribution in [0.1, 0.15) is 0 Å². The number of nitrogens with zero attached hydrogens (tertiary/aromatic N) is 4. The van der Waals surface area contributed by atoms with Crippen molar-refractivity contribution >= 4 is 33.5 Å². The van der Waals surface area contributed by atoms with Crippen LogP contribution in [0.5, 0.6) is 0 Å². The number of rotatable bonds is 2. The molecule has 4 aromatic rings. The summed E-state index contributed by atoms with van der Waals surface area (Å²) in [6.45, 7) is -0.0835. The molecule has 120 valence electrons. The maximum Gasteiger partial charge on any atom is 0.278 e. The summed E-state index contributed by atoms with van der Waals surface area (Å²) in [5.74, 6) is 0. The van der Waals surface area contributed by atoms with E-state index < -0.39 is 0 Å². The van der Waals surface area contributed by atoms with Crippen LogP contribution in [0.3, 0.4) is 0 Å². The lowest BCUT2D eigenvalue weighted by molar-refractivity contribution is 0.821. The predicted octanol–water partition coefficient (Wildman–Crippen LogP) is 3.79. The number of hydrogen-bond donors (Lipinski definition) is 0. The minimum absolute atomic E-state index is 0.0835. The average Bonchev–Trinajstić information content (AvgIpc) is 2.65. The largest absolute Gasteiger partial charge is 0.291 e. The van der Waals surface area contributed by atoms with E-state index >= 15 is 0 Å². The van der Waals surface area contributed by atoms with E-state index in [1.807, 2.05) is 30.3 Å². The fourth-order valence-corrected chi connectivity index (χ4v) is 3.18. The minimum Gasteiger partial charge on any atom is -0.291 e. The van der Waals surface area contributed by atoms with Crippen molar-refractivity contribution in [2.75, 3.05) is 0 Å². The number of benzene rings is 2. The minimum atomic E-state index is -0.320. The maximum absolute atomic E-state index is 12.9. The van der Waals surface area contributed by atoms with Crippen molar-refractivity contribution in [3.8, 4) is 17.3 Å². The van der Waals surface area contributed by atoms with E-state index in [0.717, 1.165) is 5.39 Å². The zero-order valence-electron chi connectivity index (χ0n) is 13.0. The van der Waals surface area contributed by atoms with Crippen LogP contribution in [0, 0.1) is 11.3 Å². The highest BCUT2D eigenvalue weighted by molar-refractivity contribution is 6.39. The lowest BCUT2D eigenvalue weighted by Gasteiger charge is -2.12. The summed E-state index contributed by atoms with van der Waals surface area (Å²) in [6.07, 6.45) is 1.66. The Morgan fingerprint density at radius 1 is 1.12 bits per heavy atom. The molecule has 2 aromatic heterocycles. The van der Waals surface area contributed by atoms with Gasteiger partial charge in [0.25, 0.3) is 5.56 Å². The first-order valence-corrected chi connectivity index (χ1v) is 7.98. The Balaban J connectivity index is 2.19. The molecule has 0 amide bonds. The Kier molecular flexibility index (Phi) is 3.68. The molecule has 6 heteroatoms. The van der Waals surface area contributed by atoms with Gasteiger partial charge in [0.15, 0.2) is 0 Å². The molecular weight excluding hydrogens is 336 g/mol. The van der Waals surface area contributed by atoms with Gasteiger partial charge >= 0.3 is 0 Å². The highest BCUT2D eigenvalue weighted by atomic mass is 35.5. The number of pyridine rings is 1. The summed E-state index contributed by atoms with van der Waals surface area (Å²) in [7, 11) is 0. The zero-order valence-corrected chi connectivity index (χ0v) is 13.7. The van der Waals surface area contributed by atoms with Crippen LogP contribution < -0.4 is 5.56 Å². The Morgan fingerprint density at radius 2 is 1.92 bits per heavy atom. The number of nitriles is 1. The molecule has 0 saturated heterocycles. The lowest BCUT2D eigenvalue weighted by Crippen LogP contribution is -2.23. The van der Waals surface area contributed by atoms with Crippen LogP contribution in [0.4, 0.5) is 0 Å². The van der Waals surface area contributed by atoms with Crippen LogP contribution in [-0.2, 0) is 6.54 Å². The third kappa shape index (κ3) is 2.44. The van der Waals surface area contributed by atoms with Gasteiger partial charge in [-0.3, -0.25) is 14.3 Å². The van der Waals surface area contributed by atoms with Crippen molar-refractivity contribution in [2.24, 2.45) is 0 Å². The fourth-order valence-electron chi connectivity index (χ4n) is 2.88. The number of halogens is 1. The number of hydrogen-bond acceptors (Lipinski definition) is 4. The summed E-state index contributed by atoms with van der Waals surface area (Å²) < 4.78 is 1.41. The highest BCUT2D eigenvalue weighted by Crippen LogP contribution is 2.30. The molecule has 0 fully saturated rings. The van der Waals surface area contributed by atoms with Crippen LogP contribution in [0.15, 0.2) is 59.5 Å². The molecule has 2 heterocycles. The monoisotopic (exact) mass is 346 g/mol. The van der Waals surface area contributed by atoms with Gasteiger partial charge in [0.05, 0.1) is 22.1 Å². The van der Waals surface area contributed by atoms with E-state index in [1.165, 1.54) is 4.57 Å². The Labute approximate surface area is 147 Å². The van der Waals surface area contributed by atoms with Gasteiger partial charge in [-0.25, -0.2) is 4.98 Å². The lowest BCUT2D eigenvalue weighted by atomic mass is 10.1. The van der Waals surface area contributed by atoms with E-state index in [-0.39, 0.29) is 17.8 Å². The second-order valence-electron chi connectivity index (χ2n) is 5.51. The molecular formula is C19H11ClN4O. The number of fused-ring (bicyclic) bond motifs is 2. The van der Waals surface area contributed by atoms with Gasteiger partial charge in [-0.1, -0.05) is 48.0 Å². The summed E-state index contributed by atoms with van der Waals surface area (Å²) in [5, 5.41) is 10.3. The molecule has 0 bridgehead atoms. The van der Waals surface area contributed by atoms with E-state index in [4.69, 9.17) is 11.6 Å². The summed E-state index contributed by atoms with van der Waals surface area (Å²) >= 11 is 6.54. The normalized spacial score (nSPS) is 10.9. The third-order valence-electron chi connectivity index (χ3n) is 4.03. The predicted molar refractivity (Wildman–Crippen MR) is 97.4 cm³/mol. The van der Waals surface area contributed by atoms with Gasteiger partial charge in [0.2, 0.25) is 0 Å². The molecule has 5 nitrogen and oxygen atoms in total. The second-order valence-corrected chi connectivity index (χ2v) is 5.89. The van der Waals surface area contributed by atoms with Gasteiger partial charge in [0.1, 0.15) is 17.8 Å². The molecule has 0 aliphatic carbocycles. The van der Waals surface area contributed by atoms with Crippen molar-refractivity contribution < 1.29 is 0 Å². The van der Waals surface area contributed by atoms with Crippen LogP contribution in [0.2, 0.25) is 5.02 Å². The second kappa shape index (κ2) is 6.00. The molecule has 0 spiro atoms. The van der Waals surface area contributed by atoms with Crippen molar-refractivity contribution in [3.63, 3.8) is 0 Å². The van der Waals surface area contributed by atoms with Crippen LogP contribution in [-0.4, -0.2) is 14.5 Å². The molecule has 25 heavy (non-hydrogen) atoms. The average molecular weight is 347 g/mol. The molecule has 2 aromatic carbocycles. The first-order chi connectivity index (χ1) is 12.2. The Morgan fingerprint density at radius 3 is 2.68 bits per heavy atom. The van der Waals surface area contributed by atoms with Gasteiger partial charge < -0.3 is 0 Å². The van der Waals surface area contributed by atoms with E-state index in [0.29, 0.717) is 27.1 Å². The quantitative estimate of drug-likeness (QED) is 0.518. The van der Waals surface area contributed by atoms with Gasteiger partial charge in [-0.2, -0.15) is 5.26 Å². The molecule has 0 aliphatic rings. The zero-order chi connectivity index (χ0) is 17.4. The molecule has 0 atom stereocenters.